The highest BCUT2D eigenvalue weighted by atomic mass is 16.5. The van der Waals surface area contributed by atoms with E-state index in [-0.39, 0.29) is 11.7 Å². The number of hydrogen-bond donors (Lipinski definition) is 2. The molecule has 1 amide bonds. The summed E-state index contributed by atoms with van der Waals surface area (Å²) in [4.78, 5) is 19.4. The van der Waals surface area contributed by atoms with Crippen molar-refractivity contribution in [3.63, 3.8) is 0 Å². The van der Waals surface area contributed by atoms with Crippen LogP contribution in [0.5, 0.6) is 5.75 Å². The molecule has 0 bridgehead atoms. The molecule has 3 aromatic rings. The SMILES string of the molecule is Cn1c(N2CCOCC2)nc2cc(C(=O)NCc3ccc(O)cc3)ccc21. The van der Waals surface area contributed by atoms with Gasteiger partial charge in [0.05, 0.1) is 24.2 Å². The molecule has 7 heteroatoms. The number of morpholine rings is 1. The van der Waals surface area contributed by atoms with E-state index in [4.69, 9.17) is 9.72 Å². The third kappa shape index (κ3) is 3.59. The topological polar surface area (TPSA) is 79.6 Å². The van der Waals surface area contributed by atoms with E-state index in [0.29, 0.717) is 25.3 Å². The molecule has 7 nitrogen and oxygen atoms in total. The van der Waals surface area contributed by atoms with Crippen LogP contribution in [0.4, 0.5) is 5.95 Å². The van der Waals surface area contributed by atoms with Gasteiger partial charge in [-0.3, -0.25) is 4.79 Å². The number of phenols is 1. The van der Waals surface area contributed by atoms with Crippen molar-refractivity contribution in [3.05, 3.63) is 53.6 Å². The largest absolute Gasteiger partial charge is 0.508 e. The fourth-order valence-electron chi connectivity index (χ4n) is 3.27. The third-order valence-electron chi connectivity index (χ3n) is 4.80. The minimum Gasteiger partial charge on any atom is -0.508 e. The van der Waals surface area contributed by atoms with Gasteiger partial charge < -0.3 is 24.6 Å². The Bertz CT molecular complexity index is 959. The number of nitrogens with one attached hydrogen (secondary N) is 1. The third-order valence-corrected chi connectivity index (χ3v) is 4.80. The van der Waals surface area contributed by atoms with Crippen molar-refractivity contribution in [2.45, 2.75) is 6.54 Å². The Morgan fingerprint density at radius 1 is 1.19 bits per heavy atom. The number of amides is 1. The Morgan fingerprint density at radius 3 is 2.67 bits per heavy atom. The van der Waals surface area contributed by atoms with E-state index in [1.54, 1.807) is 24.3 Å². The smallest absolute Gasteiger partial charge is 0.251 e. The lowest BCUT2D eigenvalue weighted by Crippen LogP contribution is -2.37. The normalized spacial score (nSPS) is 14.5. The average molecular weight is 366 g/mol. The van der Waals surface area contributed by atoms with Gasteiger partial charge in [0.25, 0.3) is 5.91 Å². The number of ether oxygens (including phenoxy) is 1. The number of benzene rings is 2. The first-order valence-electron chi connectivity index (χ1n) is 8.97. The Hall–Kier alpha value is -3.06. The number of carbonyl (C=O) groups excluding carboxylic acids is 1. The van der Waals surface area contributed by atoms with Crippen LogP contribution in [0.15, 0.2) is 42.5 Å². The Labute approximate surface area is 157 Å². The molecular formula is C20H22N4O3. The molecule has 0 radical (unpaired) electrons. The number of hydrogen-bond acceptors (Lipinski definition) is 5. The summed E-state index contributed by atoms with van der Waals surface area (Å²) in [6, 6.07) is 12.4. The number of rotatable bonds is 4. The summed E-state index contributed by atoms with van der Waals surface area (Å²) in [5, 5.41) is 12.2. The quantitative estimate of drug-likeness (QED) is 0.739. The van der Waals surface area contributed by atoms with Crippen molar-refractivity contribution < 1.29 is 14.6 Å². The predicted molar refractivity (Wildman–Crippen MR) is 103 cm³/mol. The summed E-state index contributed by atoms with van der Waals surface area (Å²) < 4.78 is 7.46. The molecule has 0 spiro atoms. The first-order valence-corrected chi connectivity index (χ1v) is 8.97. The maximum atomic E-state index is 12.5. The number of imidazole rings is 1. The monoisotopic (exact) mass is 366 g/mol. The molecule has 140 valence electrons. The van der Waals surface area contributed by atoms with Crippen LogP contribution in [-0.2, 0) is 18.3 Å². The molecule has 2 N–H and O–H groups in total. The molecule has 2 heterocycles. The highest BCUT2D eigenvalue weighted by Crippen LogP contribution is 2.23. The standard InChI is InChI=1S/C20H22N4O3/c1-23-18-7-4-15(19(26)21-13-14-2-5-16(25)6-3-14)12-17(18)22-20(23)24-8-10-27-11-9-24/h2-7,12,25H,8-11,13H2,1H3,(H,21,26). The Kier molecular flexibility index (Phi) is 4.68. The zero-order valence-electron chi connectivity index (χ0n) is 15.2. The van der Waals surface area contributed by atoms with Crippen molar-refractivity contribution in [2.24, 2.45) is 7.05 Å². The molecule has 1 aromatic heterocycles. The highest BCUT2D eigenvalue weighted by molar-refractivity contribution is 5.97. The molecule has 0 saturated carbocycles. The van der Waals surface area contributed by atoms with Crippen LogP contribution in [-0.4, -0.2) is 46.9 Å². The van der Waals surface area contributed by atoms with Gasteiger partial charge in [-0.2, -0.15) is 0 Å². The molecule has 4 rings (SSSR count). The first-order chi connectivity index (χ1) is 13.1. The van der Waals surface area contributed by atoms with E-state index < -0.39 is 0 Å². The maximum Gasteiger partial charge on any atom is 0.251 e. The Morgan fingerprint density at radius 2 is 1.93 bits per heavy atom. The molecule has 0 aliphatic carbocycles. The molecule has 1 fully saturated rings. The highest BCUT2D eigenvalue weighted by Gasteiger charge is 2.18. The van der Waals surface area contributed by atoms with E-state index in [2.05, 4.69) is 14.8 Å². The molecule has 1 aliphatic heterocycles. The molecular weight excluding hydrogens is 344 g/mol. The van der Waals surface area contributed by atoms with E-state index in [0.717, 1.165) is 35.6 Å². The lowest BCUT2D eigenvalue weighted by molar-refractivity contribution is 0.0951. The van der Waals surface area contributed by atoms with E-state index in [1.165, 1.54) is 0 Å². The zero-order valence-corrected chi connectivity index (χ0v) is 15.2. The van der Waals surface area contributed by atoms with Gasteiger partial charge in [-0.1, -0.05) is 12.1 Å². The average Bonchev–Trinajstić information content (AvgIpc) is 3.04. The first kappa shape index (κ1) is 17.4. The predicted octanol–water partition coefficient (Wildman–Crippen LogP) is 2.05. The number of phenolic OH excluding ortho intramolecular Hbond substituents is 1. The summed E-state index contributed by atoms with van der Waals surface area (Å²) in [6.07, 6.45) is 0. The van der Waals surface area contributed by atoms with Crippen LogP contribution in [0, 0.1) is 0 Å². The van der Waals surface area contributed by atoms with Crippen LogP contribution in [0.1, 0.15) is 15.9 Å². The van der Waals surface area contributed by atoms with Crippen molar-refractivity contribution in [1.29, 1.82) is 0 Å². The zero-order chi connectivity index (χ0) is 18.8. The van der Waals surface area contributed by atoms with E-state index >= 15 is 0 Å². The summed E-state index contributed by atoms with van der Waals surface area (Å²) in [7, 11) is 1.99. The van der Waals surface area contributed by atoms with Crippen LogP contribution in [0.3, 0.4) is 0 Å². The molecule has 1 saturated heterocycles. The second-order valence-electron chi connectivity index (χ2n) is 6.62. The summed E-state index contributed by atoms with van der Waals surface area (Å²) in [5.41, 5.74) is 3.30. The van der Waals surface area contributed by atoms with Crippen molar-refractivity contribution in [3.8, 4) is 5.75 Å². The van der Waals surface area contributed by atoms with Crippen molar-refractivity contribution in [1.82, 2.24) is 14.9 Å². The summed E-state index contributed by atoms with van der Waals surface area (Å²) in [5.74, 6) is 0.959. The lowest BCUT2D eigenvalue weighted by Gasteiger charge is -2.27. The van der Waals surface area contributed by atoms with Crippen molar-refractivity contribution in [2.75, 3.05) is 31.2 Å². The van der Waals surface area contributed by atoms with Gasteiger partial charge in [0.1, 0.15) is 5.75 Å². The molecule has 0 unspecified atom stereocenters. The lowest BCUT2D eigenvalue weighted by atomic mass is 10.1. The Balaban J connectivity index is 1.52. The second kappa shape index (κ2) is 7.28. The minimum atomic E-state index is -0.149. The number of fused-ring (bicyclic) bond motifs is 1. The number of aromatic hydroxyl groups is 1. The number of aryl methyl sites for hydroxylation is 1. The van der Waals surface area contributed by atoms with Crippen LogP contribution in [0.25, 0.3) is 11.0 Å². The van der Waals surface area contributed by atoms with Crippen LogP contribution >= 0.6 is 0 Å². The molecule has 27 heavy (non-hydrogen) atoms. The number of nitrogens with zero attached hydrogens (tertiary/aromatic N) is 3. The van der Waals surface area contributed by atoms with Gasteiger partial charge in [0.2, 0.25) is 5.95 Å². The van der Waals surface area contributed by atoms with Crippen LogP contribution in [0.2, 0.25) is 0 Å². The van der Waals surface area contributed by atoms with Crippen molar-refractivity contribution >= 4 is 22.9 Å². The molecule has 0 atom stereocenters. The minimum absolute atomic E-state index is 0.149. The number of carbonyl (C=O) groups is 1. The fourth-order valence-corrected chi connectivity index (χ4v) is 3.27. The van der Waals surface area contributed by atoms with Gasteiger partial charge in [-0.25, -0.2) is 4.98 Å². The van der Waals surface area contributed by atoms with Gasteiger partial charge >= 0.3 is 0 Å². The van der Waals surface area contributed by atoms with E-state index in [9.17, 15) is 9.90 Å². The van der Waals surface area contributed by atoms with Crippen LogP contribution < -0.4 is 10.2 Å². The summed E-state index contributed by atoms with van der Waals surface area (Å²) >= 11 is 0. The number of aromatic nitrogens is 2. The second-order valence-corrected chi connectivity index (χ2v) is 6.62. The van der Waals surface area contributed by atoms with Gasteiger partial charge in [0.15, 0.2) is 0 Å². The van der Waals surface area contributed by atoms with Gasteiger partial charge in [-0.15, -0.1) is 0 Å². The number of anilines is 1. The fraction of sp³-hybridized carbons (Fsp3) is 0.300. The van der Waals surface area contributed by atoms with Gasteiger partial charge in [-0.05, 0) is 35.9 Å². The summed E-state index contributed by atoms with van der Waals surface area (Å²) in [6.45, 7) is 3.44. The molecule has 2 aromatic carbocycles. The molecule has 1 aliphatic rings. The van der Waals surface area contributed by atoms with Gasteiger partial charge in [0, 0.05) is 32.2 Å². The van der Waals surface area contributed by atoms with E-state index in [1.807, 2.05) is 25.2 Å². The maximum absolute atomic E-state index is 12.5.